The Morgan fingerprint density at radius 1 is 1.38 bits per heavy atom. The summed E-state index contributed by atoms with van der Waals surface area (Å²) >= 11 is 0. The van der Waals surface area contributed by atoms with Crippen LogP contribution in [-0.2, 0) is 11.2 Å². The van der Waals surface area contributed by atoms with Gasteiger partial charge in [0.05, 0.1) is 0 Å². The van der Waals surface area contributed by atoms with Gasteiger partial charge in [-0.25, -0.2) is 18.6 Å². The van der Waals surface area contributed by atoms with E-state index in [1.807, 2.05) is 6.92 Å². The zero-order chi connectivity index (χ0) is 15.4. The number of hydrogen-bond donors (Lipinski definition) is 1. The van der Waals surface area contributed by atoms with E-state index in [2.05, 4.69) is 4.98 Å². The minimum atomic E-state index is -1.18. The largest absolute Gasteiger partial charge is 0.478 e. The van der Waals surface area contributed by atoms with E-state index in [1.54, 1.807) is 0 Å². The topological polar surface area (TPSA) is 55.1 Å². The highest BCUT2D eigenvalue weighted by Crippen LogP contribution is 2.22. The summed E-state index contributed by atoms with van der Waals surface area (Å²) in [5.41, 5.74) is -0.0586. The van der Waals surface area contributed by atoms with Gasteiger partial charge in [0.25, 0.3) is 0 Å². The molecule has 110 valence electrons. The molecule has 1 aromatic carbocycles. The monoisotopic (exact) mass is 292 g/mol. The molecule has 0 spiro atoms. The van der Waals surface area contributed by atoms with Crippen molar-refractivity contribution in [2.45, 2.75) is 19.8 Å². The smallest absolute Gasteiger partial charge is 0.328 e. The Hall–Kier alpha value is -2.50. The standard InChI is InChI=1S/C15H14F2N2O2/c1-2-3-13-18-6-7-19(13)15-11(16)8-10(9-12(15)17)4-5-14(20)21/h4-9H,2-3H2,1H3,(H,20,21). The zero-order valence-corrected chi connectivity index (χ0v) is 11.4. The van der Waals surface area contributed by atoms with Crippen LogP contribution in [-0.4, -0.2) is 20.6 Å². The van der Waals surface area contributed by atoms with Crippen molar-refractivity contribution in [3.8, 4) is 5.69 Å². The van der Waals surface area contributed by atoms with Gasteiger partial charge in [-0.1, -0.05) is 6.92 Å². The molecule has 0 saturated carbocycles. The second-order valence-electron chi connectivity index (χ2n) is 4.47. The van der Waals surface area contributed by atoms with Gasteiger partial charge in [-0.3, -0.25) is 4.57 Å². The van der Waals surface area contributed by atoms with Crippen molar-refractivity contribution in [2.75, 3.05) is 0 Å². The first-order valence-corrected chi connectivity index (χ1v) is 6.45. The third-order valence-electron chi connectivity index (χ3n) is 2.89. The molecule has 0 aliphatic heterocycles. The number of aryl methyl sites for hydroxylation is 1. The predicted molar refractivity (Wildman–Crippen MR) is 74.1 cm³/mol. The first-order chi connectivity index (χ1) is 10.0. The lowest BCUT2D eigenvalue weighted by atomic mass is 10.1. The minimum Gasteiger partial charge on any atom is -0.478 e. The molecule has 6 heteroatoms. The first-order valence-electron chi connectivity index (χ1n) is 6.45. The third kappa shape index (κ3) is 3.34. The van der Waals surface area contributed by atoms with Gasteiger partial charge >= 0.3 is 5.97 Å². The summed E-state index contributed by atoms with van der Waals surface area (Å²) in [6, 6.07) is 2.18. The van der Waals surface area contributed by atoms with Crippen LogP contribution in [0.3, 0.4) is 0 Å². The molecule has 0 bridgehead atoms. The van der Waals surface area contributed by atoms with Crippen molar-refractivity contribution in [1.82, 2.24) is 9.55 Å². The SMILES string of the molecule is CCCc1nccn1-c1c(F)cc(C=CC(=O)O)cc1F. The van der Waals surface area contributed by atoms with Gasteiger partial charge < -0.3 is 5.11 Å². The first kappa shape index (κ1) is 14.9. The van der Waals surface area contributed by atoms with Crippen molar-refractivity contribution < 1.29 is 18.7 Å². The van der Waals surface area contributed by atoms with Crippen LogP contribution in [0.4, 0.5) is 8.78 Å². The Bertz CT molecular complexity index is 670. The van der Waals surface area contributed by atoms with Crippen LogP contribution in [0.1, 0.15) is 24.7 Å². The number of aliphatic carboxylic acids is 1. The lowest BCUT2D eigenvalue weighted by Crippen LogP contribution is -2.06. The van der Waals surface area contributed by atoms with Gasteiger partial charge in [-0.15, -0.1) is 0 Å². The van der Waals surface area contributed by atoms with E-state index in [4.69, 9.17) is 5.11 Å². The molecule has 0 fully saturated rings. The van der Waals surface area contributed by atoms with E-state index in [0.717, 1.165) is 30.7 Å². The van der Waals surface area contributed by atoms with Crippen LogP contribution in [0.2, 0.25) is 0 Å². The Morgan fingerprint density at radius 3 is 2.62 bits per heavy atom. The summed E-state index contributed by atoms with van der Waals surface area (Å²) in [5.74, 6) is -2.14. The van der Waals surface area contributed by atoms with Crippen molar-refractivity contribution in [1.29, 1.82) is 0 Å². The third-order valence-corrected chi connectivity index (χ3v) is 2.89. The molecule has 1 N–H and O–H groups in total. The molecule has 0 aliphatic rings. The van der Waals surface area contributed by atoms with Crippen LogP contribution in [0.15, 0.2) is 30.6 Å². The Balaban J connectivity index is 2.46. The summed E-state index contributed by atoms with van der Waals surface area (Å²) in [4.78, 5) is 14.5. The highest BCUT2D eigenvalue weighted by Gasteiger charge is 2.15. The van der Waals surface area contributed by atoms with Crippen LogP contribution in [0, 0.1) is 11.6 Å². The van der Waals surface area contributed by atoms with E-state index in [1.165, 1.54) is 17.0 Å². The number of rotatable bonds is 5. The number of carboxylic acid groups (broad SMARTS) is 1. The molecule has 0 unspecified atom stereocenters. The number of hydrogen-bond acceptors (Lipinski definition) is 2. The van der Waals surface area contributed by atoms with Gasteiger partial charge in [0, 0.05) is 24.9 Å². The van der Waals surface area contributed by atoms with E-state index >= 15 is 0 Å². The zero-order valence-electron chi connectivity index (χ0n) is 11.4. The quantitative estimate of drug-likeness (QED) is 0.861. The Kier molecular flexibility index (Phi) is 4.47. The molecule has 0 aliphatic carbocycles. The molecule has 1 heterocycles. The fourth-order valence-corrected chi connectivity index (χ4v) is 2.03. The van der Waals surface area contributed by atoms with Crippen LogP contribution in [0.25, 0.3) is 11.8 Å². The van der Waals surface area contributed by atoms with Gasteiger partial charge in [-0.05, 0) is 30.2 Å². The molecule has 0 amide bonds. The minimum absolute atomic E-state index is 0.147. The molecule has 2 aromatic rings. The van der Waals surface area contributed by atoms with Crippen molar-refractivity contribution >= 4 is 12.0 Å². The summed E-state index contributed by atoms with van der Waals surface area (Å²) in [5, 5.41) is 8.53. The average Bonchev–Trinajstić information content (AvgIpc) is 2.84. The number of carboxylic acids is 1. The predicted octanol–water partition coefficient (Wildman–Crippen LogP) is 3.20. The molecule has 4 nitrogen and oxygen atoms in total. The fraction of sp³-hybridized carbons (Fsp3) is 0.200. The highest BCUT2D eigenvalue weighted by molar-refractivity contribution is 5.85. The summed E-state index contributed by atoms with van der Waals surface area (Å²) in [7, 11) is 0. The molecular weight excluding hydrogens is 278 g/mol. The van der Waals surface area contributed by atoms with Gasteiger partial charge in [0.1, 0.15) is 11.5 Å². The molecule has 0 saturated heterocycles. The maximum atomic E-state index is 14.1. The molecule has 0 atom stereocenters. The number of nitrogens with zero attached hydrogens (tertiary/aromatic N) is 2. The molecule has 1 aromatic heterocycles. The Morgan fingerprint density at radius 2 is 2.05 bits per heavy atom. The van der Waals surface area contributed by atoms with Gasteiger partial charge in [-0.2, -0.15) is 0 Å². The number of imidazole rings is 1. The Labute approximate surface area is 120 Å². The van der Waals surface area contributed by atoms with E-state index in [0.29, 0.717) is 12.2 Å². The van der Waals surface area contributed by atoms with Crippen molar-refractivity contribution in [3.63, 3.8) is 0 Å². The number of halogens is 2. The second kappa shape index (κ2) is 6.30. The van der Waals surface area contributed by atoms with E-state index in [9.17, 15) is 13.6 Å². The lowest BCUT2D eigenvalue weighted by Gasteiger charge is -2.10. The highest BCUT2D eigenvalue weighted by atomic mass is 19.1. The number of carbonyl (C=O) groups is 1. The van der Waals surface area contributed by atoms with Crippen LogP contribution >= 0.6 is 0 Å². The average molecular weight is 292 g/mol. The van der Waals surface area contributed by atoms with Gasteiger partial charge in [0.2, 0.25) is 0 Å². The van der Waals surface area contributed by atoms with Crippen LogP contribution < -0.4 is 0 Å². The second-order valence-corrected chi connectivity index (χ2v) is 4.47. The maximum Gasteiger partial charge on any atom is 0.328 e. The normalized spacial score (nSPS) is 11.2. The lowest BCUT2D eigenvalue weighted by molar-refractivity contribution is -0.131. The maximum absolute atomic E-state index is 14.1. The number of benzene rings is 1. The summed E-state index contributed by atoms with van der Waals surface area (Å²) < 4.78 is 29.7. The summed E-state index contributed by atoms with van der Waals surface area (Å²) in [6.07, 6.45) is 6.36. The molecule has 0 radical (unpaired) electrons. The summed E-state index contributed by atoms with van der Waals surface area (Å²) in [6.45, 7) is 1.95. The fourth-order valence-electron chi connectivity index (χ4n) is 2.03. The molecule has 21 heavy (non-hydrogen) atoms. The van der Waals surface area contributed by atoms with E-state index in [-0.39, 0.29) is 11.3 Å². The van der Waals surface area contributed by atoms with E-state index < -0.39 is 17.6 Å². The van der Waals surface area contributed by atoms with Gasteiger partial charge in [0.15, 0.2) is 11.6 Å². The van der Waals surface area contributed by atoms with Crippen molar-refractivity contribution in [3.05, 3.63) is 53.6 Å². The van der Waals surface area contributed by atoms with Crippen LogP contribution in [0.5, 0.6) is 0 Å². The molecular formula is C15H14F2N2O2. The molecule has 2 rings (SSSR count). The number of aromatic nitrogens is 2. The van der Waals surface area contributed by atoms with Crippen molar-refractivity contribution in [2.24, 2.45) is 0 Å².